The molecule has 5 nitrogen and oxygen atoms in total. The van der Waals surface area contributed by atoms with Crippen LogP contribution in [0.2, 0.25) is 0 Å². The predicted molar refractivity (Wildman–Crippen MR) is 127 cm³/mol. The predicted octanol–water partition coefficient (Wildman–Crippen LogP) is 5.79. The van der Waals surface area contributed by atoms with E-state index in [1.165, 1.54) is 13.3 Å². The molecule has 0 radical (unpaired) electrons. The first-order chi connectivity index (χ1) is 15.8. The van der Waals surface area contributed by atoms with E-state index in [2.05, 4.69) is 10.3 Å². The average Bonchev–Trinajstić information content (AvgIpc) is 2.75. The summed E-state index contributed by atoms with van der Waals surface area (Å²) in [5.74, 6) is 0.638. The fourth-order valence-corrected chi connectivity index (χ4v) is 5.31. The molecule has 0 saturated carbocycles. The van der Waals surface area contributed by atoms with Crippen LogP contribution >= 0.6 is 0 Å². The quantitative estimate of drug-likeness (QED) is 0.448. The summed E-state index contributed by atoms with van der Waals surface area (Å²) in [6, 6.07) is 8.34. The Hall–Kier alpha value is -3.00. The van der Waals surface area contributed by atoms with E-state index in [-0.39, 0.29) is 11.5 Å². The minimum Gasteiger partial charge on any atom is -0.496 e. The lowest BCUT2D eigenvalue weighted by Crippen LogP contribution is -2.58. The first kappa shape index (κ1) is 24.1. The van der Waals surface area contributed by atoms with E-state index in [1.807, 2.05) is 13.8 Å². The molecule has 8 heteroatoms. The second kappa shape index (κ2) is 8.05. The van der Waals surface area contributed by atoms with Crippen LogP contribution in [0.1, 0.15) is 62.8 Å². The normalized spacial score (nSPS) is 22.0. The Balaban J connectivity index is 2.00. The van der Waals surface area contributed by atoms with Gasteiger partial charge in [0.25, 0.3) is 5.56 Å². The van der Waals surface area contributed by atoms with Crippen LogP contribution in [0.5, 0.6) is 5.75 Å². The Morgan fingerprint density at radius 1 is 1.15 bits per heavy atom. The summed E-state index contributed by atoms with van der Waals surface area (Å²) in [5, 5.41) is 15.1. The van der Waals surface area contributed by atoms with Gasteiger partial charge in [-0.3, -0.25) is 4.79 Å². The Kier molecular flexibility index (Phi) is 5.71. The van der Waals surface area contributed by atoms with Crippen molar-refractivity contribution in [2.75, 3.05) is 12.4 Å². The van der Waals surface area contributed by atoms with Crippen LogP contribution in [0.4, 0.5) is 18.9 Å². The fourth-order valence-electron chi connectivity index (χ4n) is 5.31. The SMILES string of the molecule is COc1c(C(C)C)ccc2c1C(C)(C)CC(O)(C(F)(F)F)C2Nc1cccc2c(=O)[nH]ccc12. The highest BCUT2D eigenvalue weighted by atomic mass is 19.4. The van der Waals surface area contributed by atoms with Gasteiger partial charge in [0.05, 0.1) is 13.2 Å². The van der Waals surface area contributed by atoms with Gasteiger partial charge in [0.15, 0.2) is 5.60 Å². The van der Waals surface area contributed by atoms with Crippen LogP contribution in [0.25, 0.3) is 10.8 Å². The number of nitrogens with one attached hydrogen (secondary N) is 2. The largest absolute Gasteiger partial charge is 0.496 e. The van der Waals surface area contributed by atoms with E-state index in [9.17, 15) is 23.1 Å². The van der Waals surface area contributed by atoms with Gasteiger partial charge in [0.2, 0.25) is 0 Å². The summed E-state index contributed by atoms with van der Waals surface area (Å²) in [5.41, 5.74) is -2.25. The number of alkyl halides is 3. The first-order valence-corrected chi connectivity index (χ1v) is 11.2. The van der Waals surface area contributed by atoms with Gasteiger partial charge in [-0.05, 0) is 47.1 Å². The molecule has 1 aromatic heterocycles. The topological polar surface area (TPSA) is 74.3 Å². The first-order valence-electron chi connectivity index (χ1n) is 11.2. The van der Waals surface area contributed by atoms with Crippen molar-refractivity contribution in [3.8, 4) is 5.75 Å². The van der Waals surface area contributed by atoms with Crippen molar-refractivity contribution >= 4 is 16.5 Å². The number of anilines is 1. The third-order valence-electron chi connectivity index (χ3n) is 6.83. The molecule has 0 aliphatic heterocycles. The van der Waals surface area contributed by atoms with Gasteiger partial charge in [-0.15, -0.1) is 0 Å². The van der Waals surface area contributed by atoms with Crippen molar-refractivity contribution in [2.45, 2.75) is 63.3 Å². The molecular weight excluding hydrogens is 445 g/mol. The number of fused-ring (bicyclic) bond motifs is 2. The Morgan fingerprint density at radius 3 is 2.47 bits per heavy atom. The lowest BCUT2D eigenvalue weighted by Gasteiger charge is -2.49. The number of aliphatic hydroxyl groups is 1. The van der Waals surface area contributed by atoms with E-state index in [4.69, 9.17) is 4.74 Å². The van der Waals surface area contributed by atoms with Gasteiger partial charge in [0.1, 0.15) is 5.75 Å². The minimum absolute atomic E-state index is 0.0932. The summed E-state index contributed by atoms with van der Waals surface area (Å²) >= 11 is 0. The smallest absolute Gasteiger partial charge is 0.419 e. The van der Waals surface area contributed by atoms with Gasteiger partial charge in [0, 0.05) is 28.2 Å². The summed E-state index contributed by atoms with van der Waals surface area (Å²) < 4.78 is 49.3. The van der Waals surface area contributed by atoms with Crippen molar-refractivity contribution in [3.05, 3.63) is 69.6 Å². The van der Waals surface area contributed by atoms with E-state index in [0.717, 1.165) is 5.56 Å². The fraction of sp³-hybridized carbons (Fsp3) is 0.423. The summed E-state index contributed by atoms with van der Waals surface area (Å²) in [4.78, 5) is 14.8. The molecule has 4 rings (SSSR count). The summed E-state index contributed by atoms with van der Waals surface area (Å²) in [7, 11) is 1.52. The maximum absolute atomic E-state index is 14.5. The molecule has 0 fully saturated rings. The van der Waals surface area contributed by atoms with Crippen molar-refractivity contribution in [3.63, 3.8) is 0 Å². The monoisotopic (exact) mass is 474 g/mol. The number of rotatable bonds is 4. The molecule has 0 saturated heterocycles. The number of aromatic nitrogens is 1. The van der Waals surface area contributed by atoms with Crippen LogP contribution in [0.15, 0.2) is 47.4 Å². The van der Waals surface area contributed by atoms with Crippen LogP contribution in [-0.2, 0) is 5.41 Å². The van der Waals surface area contributed by atoms with Crippen LogP contribution in [-0.4, -0.2) is 29.0 Å². The number of ether oxygens (including phenoxy) is 1. The summed E-state index contributed by atoms with van der Waals surface area (Å²) in [6.07, 6.45) is -4.02. The van der Waals surface area contributed by atoms with Gasteiger partial charge in [-0.1, -0.05) is 45.9 Å². The third-order valence-corrected chi connectivity index (χ3v) is 6.83. The third kappa shape index (κ3) is 3.64. The second-order valence-electron chi connectivity index (χ2n) is 9.94. The Bertz CT molecular complexity index is 1300. The van der Waals surface area contributed by atoms with Crippen molar-refractivity contribution in [2.24, 2.45) is 0 Å². The molecule has 34 heavy (non-hydrogen) atoms. The molecule has 182 valence electrons. The van der Waals surface area contributed by atoms with Gasteiger partial charge in [-0.25, -0.2) is 0 Å². The Labute approximate surface area is 196 Å². The molecule has 1 aliphatic carbocycles. The maximum atomic E-state index is 14.5. The van der Waals surface area contributed by atoms with Gasteiger partial charge < -0.3 is 20.1 Å². The van der Waals surface area contributed by atoms with Crippen molar-refractivity contribution < 1.29 is 23.0 Å². The zero-order valence-electron chi connectivity index (χ0n) is 19.8. The van der Waals surface area contributed by atoms with E-state index in [1.54, 1.807) is 50.2 Å². The molecule has 0 bridgehead atoms. The lowest BCUT2D eigenvalue weighted by molar-refractivity contribution is -0.275. The van der Waals surface area contributed by atoms with E-state index in [0.29, 0.717) is 33.3 Å². The van der Waals surface area contributed by atoms with Crippen molar-refractivity contribution in [1.29, 1.82) is 0 Å². The number of hydrogen-bond donors (Lipinski definition) is 3. The number of H-pyrrole nitrogens is 1. The van der Waals surface area contributed by atoms with Crippen LogP contribution in [0.3, 0.4) is 0 Å². The number of pyridine rings is 1. The highest BCUT2D eigenvalue weighted by Gasteiger charge is 2.64. The molecule has 3 N–H and O–H groups in total. The summed E-state index contributed by atoms with van der Waals surface area (Å²) in [6.45, 7) is 7.39. The zero-order chi connectivity index (χ0) is 25.1. The minimum atomic E-state index is -4.91. The number of benzene rings is 2. The number of halogens is 3. The molecule has 0 spiro atoms. The van der Waals surface area contributed by atoms with E-state index >= 15 is 0 Å². The highest BCUT2D eigenvalue weighted by Crippen LogP contribution is 2.57. The number of methoxy groups -OCH3 is 1. The molecule has 1 aliphatic rings. The number of hydrogen-bond acceptors (Lipinski definition) is 4. The lowest BCUT2D eigenvalue weighted by atomic mass is 9.62. The van der Waals surface area contributed by atoms with E-state index < -0.39 is 29.7 Å². The second-order valence-corrected chi connectivity index (χ2v) is 9.94. The molecule has 2 unspecified atom stereocenters. The number of aromatic amines is 1. The van der Waals surface area contributed by atoms with Crippen LogP contribution in [0, 0.1) is 0 Å². The molecule has 1 heterocycles. The van der Waals surface area contributed by atoms with Crippen LogP contribution < -0.4 is 15.6 Å². The zero-order valence-corrected chi connectivity index (χ0v) is 19.8. The maximum Gasteiger partial charge on any atom is 0.419 e. The molecule has 0 amide bonds. The average molecular weight is 475 g/mol. The highest BCUT2D eigenvalue weighted by molar-refractivity contribution is 5.93. The van der Waals surface area contributed by atoms with Crippen molar-refractivity contribution in [1.82, 2.24) is 4.98 Å². The Morgan fingerprint density at radius 2 is 1.85 bits per heavy atom. The molecular formula is C26H29F3N2O3. The standard InChI is InChI=1S/C26H29F3N2O3/c1-14(2)15-9-10-18-20(21(15)34-5)24(3,4)13-25(33,26(27,28)29)22(18)31-19-8-6-7-17-16(19)11-12-30-23(17)32/h6-12,14,22,31,33H,13H2,1-5H3,(H,30,32). The molecule has 2 atom stereocenters. The van der Waals surface area contributed by atoms with Gasteiger partial charge in [-0.2, -0.15) is 13.2 Å². The van der Waals surface area contributed by atoms with Gasteiger partial charge >= 0.3 is 6.18 Å². The molecule has 3 aromatic rings. The molecule has 2 aromatic carbocycles.